The molecule has 19 heavy (non-hydrogen) atoms. The third-order valence-corrected chi connectivity index (χ3v) is 2.73. The van der Waals surface area contributed by atoms with Crippen molar-refractivity contribution in [2.75, 3.05) is 0 Å². The van der Waals surface area contributed by atoms with Crippen molar-refractivity contribution in [2.45, 2.75) is 24.5 Å². The van der Waals surface area contributed by atoms with Gasteiger partial charge in [-0.2, -0.15) is 0 Å². The van der Waals surface area contributed by atoms with Crippen LogP contribution in [0.5, 0.6) is 0 Å². The van der Waals surface area contributed by atoms with Crippen molar-refractivity contribution < 1.29 is 24.9 Å². The van der Waals surface area contributed by atoms with Gasteiger partial charge in [-0.05, 0) is 0 Å². The number of aliphatic hydroxyl groups excluding tert-OH is 2. The van der Waals surface area contributed by atoms with Gasteiger partial charge in [0, 0.05) is 12.3 Å². The Hall–Kier alpha value is -2.17. The number of hydrogen-bond acceptors (Lipinski definition) is 6. The summed E-state index contributed by atoms with van der Waals surface area (Å²) in [4.78, 5) is 35.5. The lowest BCUT2D eigenvalue weighted by molar-refractivity contribution is -0.407. The average Bonchev–Trinajstić information content (AvgIpc) is 2.66. The van der Waals surface area contributed by atoms with Gasteiger partial charge >= 0.3 is 11.6 Å². The van der Waals surface area contributed by atoms with Crippen LogP contribution in [0, 0.1) is 0 Å². The van der Waals surface area contributed by atoms with E-state index in [1.165, 1.54) is 5.11 Å². The van der Waals surface area contributed by atoms with Gasteiger partial charge < -0.3 is 20.5 Å². The zero-order valence-corrected chi connectivity index (χ0v) is 9.39. The summed E-state index contributed by atoms with van der Waals surface area (Å²) in [5, 5.41) is 20.6. The van der Waals surface area contributed by atoms with Crippen LogP contribution < -0.4 is 16.4 Å². The highest BCUT2D eigenvalue weighted by molar-refractivity contribution is 5.71. The van der Waals surface area contributed by atoms with Crippen molar-refractivity contribution in [3.63, 3.8) is 0 Å². The van der Waals surface area contributed by atoms with Gasteiger partial charge in [-0.3, -0.25) is 19.5 Å². The van der Waals surface area contributed by atoms with E-state index in [1.807, 2.05) is 4.98 Å². The molecule has 1 aliphatic rings. The smallest absolute Gasteiger partial charge is 0.406 e. The molecule has 0 radical (unpaired) electrons. The first kappa shape index (κ1) is 13.3. The summed E-state index contributed by atoms with van der Waals surface area (Å²) in [7, 11) is 0. The molecule has 1 aromatic heterocycles. The number of carbonyl (C=O) groups excluding carboxylic acids is 1. The number of rotatable bonds is 2. The molecule has 0 saturated carbocycles. The number of amides is 1. The van der Waals surface area contributed by atoms with Crippen LogP contribution in [0.3, 0.4) is 0 Å². The van der Waals surface area contributed by atoms with E-state index in [2.05, 4.69) is 0 Å². The summed E-state index contributed by atoms with van der Waals surface area (Å²) in [6.45, 7) is 0. The fourth-order valence-corrected chi connectivity index (χ4v) is 1.80. The molecule has 1 aliphatic heterocycles. The lowest BCUT2D eigenvalue weighted by Crippen LogP contribution is -2.73. The van der Waals surface area contributed by atoms with Crippen LogP contribution in [0.1, 0.15) is 6.23 Å². The normalized spacial score (nSPS) is 30.2. The lowest BCUT2D eigenvalue weighted by Gasteiger charge is -2.16. The molecule has 1 amide bonds. The Morgan fingerprint density at radius 2 is 2.11 bits per heavy atom. The Bertz CT molecular complexity index is 622. The van der Waals surface area contributed by atoms with E-state index in [9.17, 15) is 24.6 Å². The van der Waals surface area contributed by atoms with Crippen LogP contribution in [-0.2, 0) is 9.53 Å². The SMILES string of the molecule is [N-]=[NH+]C(=O)[C@H]1O[C@@H](n2ccc(=O)[nH]c2=O)[C@H](O)[C@@H]1O. The minimum absolute atomic E-state index is 0.640. The first-order valence-electron chi connectivity index (χ1n) is 5.22. The number of carbonyl (C=O) groups is 1. The third-order valence-electron chi connectivity index (χ3n) is 2.73. The van der Waals surface area contributed by atoms with Gasteiger partial charge in [0.25, 0.3) is 5.56 Å². The number of aliphatic hydroxyl groups is 2. The Balaban J connectivity index is 2.36. The monoisotopic (exact) mass is 270 g/mol. The Morgan fingerprint density at radius 3 is 2.68 bits per heavy atom. The van der Waals surface area contributed by atoms with Crippen molar-refractivity contribution in [1.82, 2.24) is 9.55 Å². The molecule has 1 fully saturated rings. The van der Waals surface area contributed by atoms with Crippen LogP contribution in [0.15, 0.2) is 21.9 Å². The van der Waals surface area contributed by atoms with Gasteiger partial charge in [0.2, 0.25) is 6.10 Å². The summed E-state index contributed by atoms with van der Waals surface area (Å²) in [6.07, 6.45) is -5.05. The van der Waals surface area contributed by atoms with Crippen LogP contribution >= 0.6 is 0 Å². The summed E-state index contributed by atoms with van der Waals surface area (Å²) >= 11 is 0. The second-order valence-corrected chi connectivity index (χ2v) is 3.92. The van der Waals surface area contributed by atoms with Gasteiger partial charge in [-0.25, -0.2) is 9.59 Å². The number of hydrogen-bond donors (Lipinski definition) is 4. The molecule has 1 aromatic rings. The molecule has 0 spiro atoms. The molecule has 1 saturated heterocycles. The number of aromatic amines is 1. The summed E-state index contributed by atoms with van der Waals surface area (Å²) in [5.41, 5.74) is 6.95. The Labute approximate surface area is 104 Å². The zero-order chi connectivity index (χ0) is 14.2. The maximum Gasteiger partial charge on any atom is 0.406 e. The van der Waals surface area contributed by atoms with Gasteiger partial charge in [0.15, 0.2) is 6.23 Å². The second kappa shape index (κ2) is 4.84. The van der Waals surface area contributed by atoms with E-state index >= 15 is 0 Å². The molecule has 0 unspecified atom stereocenters. The molecule has 4 N–H and O–H groups in total. The fourth-order valence-electron chi connectivity index (χ4n) is 1.80. The van der Waals surface area contributed by atoms with Crippen molar-refractivity contribution in [2.24, 2.45) is 0 Å². The molecule has 0 aromatic carbocycles. The molecule has 10 heteroatoms. The lowest BCUT2D eigenvalue weighted by atomic mass is 10.1. The second-order valence-electron chi connectivity index (χ2n) is 3.92. The van der Waals surface area contributed by atoms with E-state index in [0.717, 1.165) is 16.8 Å². The quantitative estimate of drug-likeness (QED) is 0.399. The molecule has 0 aliphatic carbocycles. The Kier molecular flexibility index (Phi) is 3.38. The number of aromatic nitrogens is 2. The van der Waals surface area contributed by atoms with Crippen molar-refractivity contribution in [3.05, 3.63) is 38.6 Å². The highest BCUT2D eigenvalue weighted by Crippen LogP contribution is 2.27. The van der Waals surface area contributed by atoms with Crippen molar-refractivity contribution >= 4 is 5.91 Å². The molecular weight excluding hydrogens is 260 g/mol. The Morgan fingerprint density at radius 1 is 1.42 bits per heavy atom. The molecule has 0 bridgehead atoms. The predicted octanol–water partition coefficient (Wildman–Crippen LogP) is -4.22. The molecule has 2 rings (SSSR count). The maximum atomic E-state index is 11.5. The van der Waals surface area contributed by atoms with E-state index in [-0.39, 0.29) is 0 Å². The van der Waals surface area contributed by atoms with Crippen LogP contribution in [0.2, 0.25) is 0 Å². The van der Waals surface area contributed by atoms with Crippen molar-refractivity contribution in [3.8, 4) is 0 Å². The molecule has 4 atom stereocenters. The molecule has 102 valence electrons. The highest BCUT2D eigenvalue weighted by Gasteiger charge is 2.49. The third kappa shape index (κ3) is 2.23. The van der Waals surface area contributed by atoms with Gasteiger partial charge in [-0.1, -0.05) is 0 Å². The fraction of sp³-hybridized carbons (Fsp3) is 0.444. The van der Waals surface area contributed by atoms with Crippen LogP contribution in [0.25, 0.3) is 5.53 Å². The summed E-state index contributed by atoms with van der Waals surface area (Å²) < 4.78 is 5.83. The standard InChI is InChI=1S/C9H10N4O6/c10-12-7(17)6-4(15)5(16)8(19-6)13-2-1-3(14)11-9(13)18/h1-2,4-6,8,12,15-16H,(H,11,14,18)/t4-,5+,6-,8+/m0/s1. The van der Waals surface area contributed by atoms with E-state index in [1.54, 1.807) is 0 Å². The van der Waals surface area contributed by atoms with Crippen LogP contribution in [0.4, 0.5) is 0 Å². The van der Waals surface area contributed by atoms with Gasteiger partial charge in [0.1, 0.15) is 12.2 Å². The zero-order valence-electron chi connectivity index (χ0n) is 9.39. The largest absolute Gasteiger partial charge is 0.499 e. The number of nitrogens with zero attached hydrogens (tertiary/aromatic N) is 2. The topological polar surface area (TPSA) is 158 Å². The molecular formula is C9H10N4O6. The summed E-state index contributed by atoms with van der Waals surface area (Å²) in [6, 6.07) is 1.02. The predicted molar refractivity (Wildman–Crippen MR) is 56.6 cm³/mol. The van der Waals surface area contributed by atoms with E-state index < -0.39 is 41.7 Å². The minimum atomic E-state index is -1.63. The first-order chi connectivity index (χ1) is 8.95. The van der Waals surface area contributed by atoms with Gasteiger partial charge in [-0.15, -0.1) is 0 Å². The number of ether oxygens (including phenoxy) is 1. The van der Waals surface area contributed by atoms with Crippen LogP contribution in [-0.4, -0.2) is 44.0 Å². The highest BCUT2D eigenvalue weighted by atomic mass is 16.6. The van der Waals surface area contributed by atoms with E-state index in [4.69, 9.17) is 10.3 Å². The number of nitrogens with one attached hydrogen (secondary N) is 2. The molecule has 2 heterocycles. The molecule has 10 nitrogen and oxygen atoms in total. The number of H-pyrrole nitrogens is 1. The first-order valence-corrected chi connectivity index (χ1v) is 5.22. The van der Waals surface area contributed by atoms with Gasteiger partial charge in [0.05, 0.1) is 0 Å². The summed E-state index contributed by atoms with van der Waals surface area (Å²) in [5.74, 6) is -1.06. The van der Waals surface area contributed by atoms with Crippen molar-refractivity contribution in [1.29, 1.82) is 0 Å². The minimum Gasteiger partial charge on any atom is -0.499 e. The average molecular weight is 270 g/mol. The van der Waals surface area contributed by atoms with E-state index in [0.29, 0.717) is 0 Å². The maximum absolute atomic E-state index is 11.5.